The van der Waals surface area contributed by atoms with Gasteiger partial charge in [-0.25, -0.2) is 4.79 Å². The van der Waals surface area contributed by atoms with Gasteiger partial charge in [0.2, 0.25) is 0 Å². The first kappa shape index (κ1) is 19.0. The Kier molecular flexibility index (Phi) is 6.35. The van der Waals surface area contributed by atoms with Crippen molar-refractivity contribution < 1.29 is 19.7 Å². The third-order valence-electron chi connectivity index (χ3n) is 2.94. The van der Waals surface area contributed by atoms with Crippen LogP contribution in [0.2, 0.25) is 0 Å². The second-order valence-corrected chi connectivity index (χ2v) is 9.08. The molecule has 0 fully saturated rings. The summed E-state index contributed by atoms with van der Waals surface area (Å²) in [6, 6.07) is 10.4. The minimum absolute atomic E-state index is 0.191. The lowest BCUT2D eigenvalue weighted by molar-refractivity contribution is -0.139. The Balaban J connectivity index is 2.17. The fourth-order valence-corrected chi connectivity index (χ4v) is 4.21. The number of carbonyl (C=O) groups is 1. The quantitative estimate of drug-likeness (QED) is 0.258. The van der Waals surface area contributed by atoms with Crippen molar-refractivity contribution in [3.05, 3.63) is 49.1 Å². The van der Waals surface area contributed by atoms with Gasteiger partial charge in [0.1, 0.15) is 11.5 Å². The minimum Gasteiger partial charge on any atom is -0.508 e. The Labute approximate surface area is 174 Å². The van der Waals surface area contributed by atoms with Crippen molar-refractivity contribution in [1.29, 1.82) is 0 Å². The molecular weight excluding hydrogens is 639 g/mol. The summed E-state index contributed by atoms with van der Waals surface area (Å²) in [4.78, 5) is 11.1. The first-order chi connectivity index (χ1) is 10.7. The van der Waals surface area contributed by atoms with Gasteiger partial charge in [0, 0.05) is 6.42 Å². The van der Waals surface area contributed by atoms with E-state index in [9.17, 15) is 9.90 Å². The molecular formula is C15H12I3NO4. The van der Waals surface area contributed by atoms with Crippen molar-refractivity contribution in [2.24, 2.45) is 5.73 Å². The highest BCUT2D eigenvalue weighted by atomic mass is 127. The highest BCUT2D eigenvalue weighted by molar-refractivity contribution is 14.1. The lowest BCUT2D eigenvalue weighted by Crippen LogP contribution is -2.43. The second kappa shape index (κ2) is 7.70. The van der Waals surface area contributed by atoms with Crippen LogP contribution in [0, 0.1) is 7.14 Å². The van der Waals surface area contributed by atoms with Crippen LogP contribution in [-0.4, -0.2) is 19.7 Å². The number of aromatic hydroxyl groups is 1. The summed E-state index contributed by atoms with van der Waals surface area (Å²) >= 11 is 5.92. The summed E-state index contributed by atoms with van der Waals surface area (Å²) < 4.78 is 6.12. The number of hydrogen-bond acceptors (Lipinski definition) is 4. The molecule has 0 aliphatic carbocycles. The van der Waals surface area contributed by atoms with E-state index in [4.69, 9.17) is 15.6 Å². The van der Waals surface area contributed by atoms with Gasteiger partial charge in [-0.1, -0.05) is 12.1 Å². The molecule has 0 aliphatic heterocycles. The number of phenols is 1. The number of nitrogens with two attached hydrogens (primary N) is 1. The average molecular weight is 651 g/mol. The highest BCUT2D eigenvalue weighted by Gasteiger charge is 2.30. The summed E-state index contributed by atoms with van der Waals surface area (Å²) in [6.45, 7) is 0. The zero-order valence-corrected chi connectivity index (χ0v) is 18.1. The van der Waals surface area contributed by atoms with Crippen LogP contribution in [0.5, 0.6) is 17.2 Å². The molecule has 0 spiro atoms. The number of alkyl halides is 1. The molecule has 0 saturated heterocycles. The predicted octanol–water partition coefficient (Wildman–Crippen LogP) is 4.11. The summed E-state index contributed by atoms with van der Waals surface area (Å²) in [7, 11) is 0. The maximum atomic E-state index is 11.1. The Morgan fingerprint density at radius 3 is 2.17 bits per heavy atom. The van der Waals surface area contributed by atoms with E-state index in [1.807, 2.05) is 0 Å². The minimum atomic E-state index is -1.33. The van der Waals surface area contributed by atoms with Crippen molar-refractivity contribution in [2.45, 2.75) is 9.97 Å². The highest BCUT2D eigenvalue weighted by Crippen LogP contribution is 2.34. The van der Waals surface area contributed by atoms with E-state index >= 15 is 0 Å². The van der Waals surface area contributed by atoms with Gasteiger partial charge >= 0.3 is 5.97 Å². The van der Waals surface area contributed by atoms with Gasteiger partial charge in [0.05, 0.1) is 7.14 Å². The zero-order valence-electron chi connectivity index (χ0n) is 11.6. The summed E-state index contributed by atoms with van der Waals surface area (Å²) in [5.41, 5.74) is 6.55. The maximum Gasteiger partial charge on any atom is 0.334 e. The molecule has 0 unspecified atom stereocenters. The molecule has 122 valence electrons. The van der Waals surface area contributed by atoms with Crippen LogP contribution in [0.1, 0.15) is 5.56 Å². The van der Waals surface area contributed by atoms with Crippen molar-refractivity contribution in [3.63, 3.8) is 0 Å². The average Bonchev–Trinajstić information content (AvgIpc) is 2.44. The summed E-state index contributed by atoms with van der Waals surface area (Å²) in [5, 5.41) is 18.6. The fourth-order valence-electron chi connectivity index (χ4n) is 1.81. The molecule has 0 heterocycles. The number of benzene rings is 2. The van der Waals surface area contributed by atoms with E-state index in [0.29, 0.717) is 11.5 Å². The number of phenolic OH excluding ortho intramolecular Hbond substituents is 1. The van der Waals surface area contributed by atoms with Crippen LogP contribution in [0.15, 0.2) is 36.4 Å². The van der Waals surface area contributed by atoms with Crippen molar-refractivity contribution in [3.8, 4) is 17.2 Å². The zero-order chi connectivity index (χ0) is 17.2. The SMILES string of the molecule is N[C@](I)(Cc1ccc(Oc2c(I)cc(O)cc2I)cc1)C(=O)O. The third-order valence-corrected chi connectivity index (χ3v) is 5.39. The third kappa shape index (κ3) is 5.06. The number of rotatable bonds is 5. The second-order valence-electron chi connectivity index (χ2n) is 4.83. The Morgan fingerprint density at radius 1 is 1.17 bits per heavy atom. The monoisotopic (exact) mass is 651 g/mol. The van der Waals surface area contributed by atoms with E-state index in [2.05, 4.69) is 45.2 Å². The van der Waals surface area contributed by atoms with E-state index in [1.54, 1.807) is 59.0 Å². The molecule has 2 aromatic rings. The summed E-state index contributed by atoms with van der Waals surface area (Å²) in [6.07, 6.45) is 0.220. The molecule has 4 N–H and O–H groups in total. The Bertz CT molecular complexity index is 709. The van der Waals surface area contributed by atoms with Crippen molar-refractivity contribution in [2.75, 3.05) is 0 Å². The van der Waals surface area contributed by atoms with Gasteiger partial charge in [-0.3, -0.25) is 0 Å². The predicted molar refractivity (Wildman–Crippen MR) is 112 cm³/mol. The topological polar surface area (TPSA) is 92.8 Å². The molecule has 0 radical (unpaired) electrons. The van der Waals surface area contributed by atoms with Crippen LogP contribution in [0.25, 0.3) is 0 Å². The van der Waals surface area contributed by atoms with Crippen LogP contribution in [-0.2, 0) is 11.2 Å². The van der Waals surface area contributed by atoms with Crippen LogP contribution in [0.3, 0.4) is 0 Å². The lowest BCUT2D eigenvalue weighted by Gasteiger charge is -2.17. The largest absolute Gasteiger partial charge is 0.508 e. The molecule has 2 rings (SSSR count). The van der Waals surface area contributed by atoms with E-state index < -0.39 is 9.51 Å². The van der Waals surface area contributed by atoms with Gasteiger partial charge in [-0.15, -0.1) is 0 Å². The molecule has 0 saturated carbocycles. The number of carboxylic acid groups (broad SMARTS) is 1. The van der Waals surface area contributed by atoms with Gasteiger partial charge in [0.25, 0.3) is 0 Å². The molecule has 0 aromatic heterocycles. The number of hydrogen-bond donors (Lipinski definition) is 3. The number of ether oxygens (including phenoxy) is 1. The van der Waals surface area contributed by atoms with E-state index in [0.717, 1.165) is 12.7 Å². The first-order valence-corrected chi connectivity index (χ1v) is 9.58. The van der Waals surface area contributed by atoms with Crippen molar-refractivity contribution >= 4 is 73.7 Å². The lowest BCUT2D eigenvalue weighted by atomic mass is 10.1. The molecule has 23 heavy (non-hydrogen) atoms. The molecule has 8 heteroatoms. The van der Waals surface area contributed by atoms with Gasteiger partial charge < -0.3 is 20.7 Å². The molecule has 0 aliphatic rings. The van der Waals surface area contributed by atoms with Crippen LogP contribution < -0.4 is 10.5 Å². The molecule has 2 aromatic carbocycles. The van der Waals surface area contributed by atoms with E-state index in [-0.39, 0.29) is 12.2 Å². The maximum absolute atomic E-state index is 11.1. The molecule has 1 atom stereocenters. The molecule has 0 amide bonds. The van der Waals surface area contributed by atoms with Crippen molar-refractivity contribution in [1.82, 2.24) is 0 Å². The normalized spacial score (nSPS) is 13.4. The van der Waals surface area contributed by atoms with E-state index in [1.165, 1.54) is 0 Å². The number of halogens is 3. The molecule has 5 nitrogen and oxygen atoms in total. The van der Waals surface area contributed by atoms with Gasteiger partial charge in [-0.05, 0) is 97.6 Å². The first-order valence-electron chi connectivity index (χ1n) is 6.35. The molecule has 0 bridgehead atoms. The smallest absolute Gasteiger partial charge is 0.334 e. The fraction of sp³-hybridized carbons (Fsp3) is 0.133. The Hall–Kier alpha value is -0.340. The summed E-state index contributed by atoms with van der Waals surface area (Å²) in [5.74, 6) is 0.439. The number of aliphatic carboxylic acids is 1. The van der Waals surface area contributed by atoms with Crippen LogP contribution >= 0.6 is 67.8 Å². The standard InChI is InChI=1S/C15H12I3NO4/c16-11-5-9(20)6-12(17)13(11)23-10-3-1-8(2-4-10)7-15(18,19)14(21)22/h1-6,20H,7,19H2,(H,21,22)/t15-/m1/s1. The van der Waals surface area contributed by atoms with Gasteiger partial charge in [0.15, 0.2) is 9.30 Å². The number of carboxylic acids is 1. The Morgan fingerprint density at radius 2 is 1.70 bits per heavy atom. The van der Waals surface area contributed by atoms with Crippen LogP contribution in [0.4, 0.5) is 0 Å². The van der Waals surface area contributed by atoms with Gasteiger partial charge in [-0.2, -0.15) is 0 Å².